The lowest BCUT2D eigenvalue weighted by molar-refractivity contribution is -0.126. The van der Waals surface area contributed by atoms with Gasteiger partial charge in [-0.1, -0.05) is 37.3 Å². The first-order chi connectivity index (χ1) is 10.6. The highest BCUT2D eigenvalue weighted by molar-refractivity contribution is 7.09. The van der Waals surface area contributed by atoms with Gasteiger partial charge in [0.15, 0.2) is 0 Å². The van der Waals surface area contributed by atoms with Gasteiger partial charge in [-0.2, -0.15) is 0 Å². The number of hydrogen-bond acceptors (Lipinski definition) is 4. The van der Waals surface area contributed by atoms with Crippen molar-refractivity contribution >= 4 is 17.2 Å². The fraction of sp³-hybridized carbons (Fsp3) is 0.412. The molecule has 0 saturated carbocycles. The van der Waals surface area contributed by atoms with Gasteiger partial charge in [-0.05, 0) is 26.1 Å². The van der Waals surface area contributed by atoms with Gasteiger partial charge in [0.25, 0.3) is 0 Å². The highest BCUT2D eigenvalue weighted by Gasteiger charge is 2.23. The molecular formula is C17H23N3OS. The summed E-state index contributed by atoms with van der Waals surface area (Å²) in [6.07, 6.45) is 0.771. The van der Waals surface area contributed by atoms with E-state index in [0.29, 0.717) is 6.54 Å². The number of thiazole rings is 1. The zero-order valence-electron chi connectivity index (χ0n) is 13.4. The lowest BCUT2D eigenvalue weighted by Gasteiger charge is -2.26. The lowest BCUT2D eigenvalue weighted by atomic mass is 10.0. The Kier molecular flexibility index (Phi) is 6.10. The average molecular weight is 317 g/mol. The molecule has 5 heteroatoms. The highest BCUT2D eigenvalue weighted by Crippen LogP contribution is 2.19. The monoisotopic (exact) mass is 317 g/mol. The number of aromatic nitrogens is 1. The van der Waals surface area contributed by atoms with E-state index in [2.05, 4.69) is 22.1 Å². The van der Waals surface area contributed by atoms with Crippen LogP contribution in [-0.2, 0) is 11.2 Å². The second-order valence-corrected chi connectivity index (χ2v) is 6.35. The molecule has 0 saturated heterocycles. The maximum absolute atomic E-state index is 12.6. The first kappa shape index (κ1) is 16.6. The molecule has 1 amide bonds. The molecule has 0 fully saturated rings. The number of carbonyl (C=O) groups is 1. The van der Waals surface area contributed by atoms with Crippen molar-refractivity contribution in [2.75, 3.05) is 20.1 Å². The molecule has 0 bridgehead atoms. The normalized spacial score (nSPS) is 12.4. The molecule has 0 radical (unpaired) electrons. The van der Waals surface area contributed by atoms with Gasteiger partial charge >= 0.3 is 0 Å². The van der Waals surface area contributed by atoms with E-state index < -0.39 is 0 Å². The van der Waals surface area contributed by atoms with E-state index in [4.69, 9.17) is 0 Å². The molecule has 22 heavy (non-hydrogen) atoms. The molecule has 0 aliphatic heterocycles. The van der Waals surface area contributed by atoms with Crippen molar-refractivity contribution in [3.63, 3.8) is 0 Å². The third-order valence-corrected chi connectivity index (χ3v) is 4.47. The van der Waals surface area contributed by atoms with Crippen LogP contribution in [0.1, 0.15) is 29.2 Å². The average Bonchev–Trinajstić information content (AvgIpc) is 2.94. The molecule has 2 rings (SSSR count). The quantitative estimate of drug-likeness (QED) is 0.854. The molecule has 1 atom stereocenters. The molecule has 1 heterocycles. The molecule has 118 valence electrons. The van der Waals surface area contributed by atoms with Crippen LogP contribution in [0, 0.1) is 6.92 Å². The molecule has 0 aliphatic carbocycles. The summed E-state index contributed by atoms with van der Waals surface area (Å²) in [5.74, 6) is 0.0440. The molecule has 1 N–H and O–H groups in total. The first-order valence-corrected chi connectivity index (χ1v) is 8.43. The van der Waals surface area contributed by atoms with E-state index in [1.165, 1.54) is 0 Å². The molecule has 1 aromatic heterocycles. The number of likely N-dealkylation sites (N-methyl/N-ethyl adjacent to an activating group) is 1. The van der Waals surface area contributed by atoms with Crippen molar-refractivity contribution in [2.24, 2.45) is 0 Å². The zero-order valence-corrected chi connectivity index (χ0v) is 14.2. The number of aryl methyl sites for hydroxylation is 1. The van der Waals surface area contributed by atoms with Gasteiger partial charge in [-0.15, -0.1) is 11.3 Å². The van der Waals surface area contributed by atoms with Crippen molar-refractivity contribution in [3.05, 3.63) is 52.0 Å². The van der Waals surface area contributed by atoms with Crippen LogP contribution < -0.4 is 5.32 Å². The number of nitrogens with zero attached hydrogens (tertiary/aromatic N) is 2. The van der Waals surface area contributed by atoms with Gasteiger partial charge < -0.3 is 5.32 Å². The summed E-state index contributed by atoms with van der Waals surface area (Å²) in [6.45, 7) is 5.48. The first-order valence-electron chi connectivity index (χ1n) is 7.55. The fourth-order valence-electron chi connectivity index (χ4n) is 2.36. The van der Waals surface area contributed by atoms with Crippen LogP contribution >= 0.6 is 11.3 Å². The fourth-order valence-corrected chi connectivity index (χ4v) is 3.00. The Morgan fingerprint density at radius 3 is 2.68 bits per heavy atom. The number of hydrogen-bond donors (Lipinski definition) is 1. The minimum Gasteiger partial charge on any atom is -0.354 e. The molecule has 0 unspecified atom stereocenters. The number of nitrogens with one attached hydrogen (secondary N) is 1. The second kappa shape index (κ2) is 8.06. The minimum absolute atomic E-state index is 0.0440. The highest BCUT2D eigenvalue weighted by atomic mass is 32.1. The van der Waals surface area contributed by atoms with Crippen molar-refractivity contribution in [3.8, 4) is 0 Å². The van der Waals surface area contributed by atoms with Crippen LogP contribution in [0.5, 0.6) is 0 Å². The standard InChI is InChI=1S/C17H23N3OS/c1-4-20(3)16(14-8-6-5-7-9-14)17(21)18-11-10-15-12-22-13(2)19-15/h5-9,12,16H,4,10-11H2,1-3H3,(H,18,21)/t16-/m1/s1. The summed E-state index contributed by atoms with van der Waals surface area (Å²) in [6, 6.07) is 9.66. The van der Waals surface area contributed by atoms with Crippen molar-refractivity contribution in [1.82, 2.24) is 15.2 Å². The van der Waals surface area contributed by atoms with Gasteiger partial charge in [0, 0.05) is 18.3 Å². The van der Waals surface area contributed by atoms with E-state index in [-0.39, 0.29) is 11.9 Å². The lowest BCUT2D eigenvalue weighted by Crippen LogP contribution is -2.39. The van der Waals surface area contributed by atoms with E-state index in [1.54, 1.807) is 11.3 Å². The van der Waals surface area contributed by atoms with Crippen LogP contribution in [-0.4, -0.2) is 35.9 Å². The molecule has 4 nitrogen and oxygen atoms in total. The predicted octanol–water partition coefficient (Wildman–Crippen LogP) is 2.80. The molecule has 0 aliphatic rings. The Morgan fingerprint density at radius 2 is 2.09 bits per heavy atom. The van der Waals surface area contributed by atoms with Crippen LogP contribution in [0.2, 0.25) is 0 Å². The van der Waals surface area contributed by atoms with Gasteiger partial charge in [0.1, 0.15) is 6.04 Å². The smallest absolute Gasteiger partial charge is 0.241 e. The zero-order chi connectivity index (χ0) is 15.9. The third kappa shape index (κ3) is 4.39. The molecule has 0 spiro atoms. The maximum Gasteiger partial charge on any atom is 0.241 e. The van der Waals surface area contributed by atoms with Crippen LogP contribution in [0.15, 0.2) is 35.7 Å². The number of rotatable bonds is 7. The Balaban J connectivity index is 1.97. The number of carbonyl (C=O) groups excluding carboxylic acids is 1. The number of amides is 1. The SMILES string of the molecule is CCN(C)[C@@H](C(=O)NCCc1csc(C)n1)c1ccccc1. The van der Waals surface area contributed by atoms with Crippen molar-refractivity contribution in [1.29, 1.82) is 0 Å². The van der Waals surface area contributed by atoms with Crippen molar-refractivity contribution in [2.45, 2.75) is 26.3 Å². The van der Waals surface area contributed by atoms with E-state index in [1.807, 2.05) is 49.7 Å². The van der Waals surface area contributed by atoms with Crippen LogP contribution in [0.25, 0.3) is 0 Å². The summed E-state index contributed by atoms with van der Waals surface area (Å²) in [5.41, 5.74) is 2.07. The van der Waals surface area contributed by atoms with Crippen LogP contribution in [0.3, 0.4) is 0 Å². The predicted molar refractivity (Wildman–Crippen MR) is 91.1 cm³/mol. The topological polar surface area (TPSA) is 45.2 Å². The Labute approximate surface area is 136 Å². The van der Waals surface area contributed by atoms with Crippen molar-refractivity contribution < 1.29 is 4.79 Å². The number of benzene rings is 1. The Hall–Kier alpha value is -1.72. The van der Waals surface area contributed by atoms with Gasteiger partial charge in [0.2, 0.25) is 5.91 Å². The Morgan fingerprint density at radius 1 is 1.36 bits per heavy atom. The third-order valence-electron chi connectivity index (χ3n) is 3.65. The largest absolute Gasteiger partial charge is 0.354 e. The summed E-state index contributed by atoms with van der Waals surface area (Å²) >= 11 is 1.64. The summed E-state index contributed by atoms with van der Waals surface area (Å²) in [7, 11) is 1.97. The summed E-state index contributed by atoms with van der Waals surface area (Å²) in [5, 5.41) is 6.15. The minimum atomic E-state index is -0.247. The maximum atomic E-state index is 12.6. The Bertz CT molecular complexity index is 597. The summed E-state index contributed by atoms with van der Waals surface area (Å²) in [4.78, 5) is 19.0. The van der Waals surface area contributed by atoms with Gasteiger partial charge in [-0.25, -0.2) is 4.98 Å². The van der Waals surface area contributed by atoms with E-state index in [9.17, 15) is 4.79 Å². The second-order valence-electron chi connectivity index (χ2n) is 5.29. The summed E-state index contributed by atoms with van der Waals surface area (Å²) < 4.78 is 0. The van der Waals surface area contributed by atoms with E-state index in [0.717, 1.165) is 29.2 Å². The molecule has 1 aromatic carbocycles. The van der Waals surface area contributed by atoms with E-state index >= 15 is 0 Å². The molecular weight excluding hydrogens is 294 g/mol. The van der Waals surface area contributed by atoms with Crippen LogP contribution in [0.4, 0.5) is 0 Å². The van der Waals surface area contributed by atoms with Gasteiger partial charge in [-0.3, -0.25) is 9.69 Å². The molecule has 2 aromatic rings. The van der Waals surface area contributed by atoms with Gasteiger partial charge in [0.05, 0.1) is 10.7 Å².